The number of carbonyl (C=O) groups is 2. The van der Waals surface area contributed by atoms with Crippen molar-refractivity contribution in [1.29, 1.82) is 5.41 Å². The van der Waals surface area contributed by atoms with Gasteiger partial charge in [-0.15, -0.1) is 0 Å². The third-order valence-electron chi connectivity index (χ3n) is 3.37. The highest BCUT2D eigenvalue weighted by molar-refractivity contribution is 6.54. The van der Waals surface area contributed by atoms with Crippen LogP contribution in [0.4, 0.5) is 0 Å². The lowest BCUT2D eigenvalue weighted by Gasteiger charge is -2.23. The molecule has 1 atom stereocenters. The number of ketones is 2. The van der Waals surface area contributed by atoms with Crippen LogP contribution in [0, 0.1) is 5.41 Å². The lowest BCUT2D eigenvalue weighted by molar-refractivity contribution is 0.0947. The molecule has 0 spiro atoms. The zero-order valence-corrected chi connectivity index (χ0v) is 10.1. The number of Topliss-reactive ketones (excluding diaryl/α,β-unsaturated/α-hetero) is 2. The molecule has 1 aliphatic rings. The molecule has 0 bridgehead atoms. The van der Waals surface area contributed by atoms with Gasteiger partial charge in [-0.05, 0) is 5.56 Å². The standard InChI is InChI=1S/C16H11NO2/c17-14-13(10-6-2-1-3-7-10)15(18)11-8-4-5-9-12(11)16(14)19/h1-9,13,17H. The molecule has 0 fully saturated rings. The van der Waals surface area contributed by atoms with Crippen LogP contribution in [0.3, 0.4) is 0 Å². The van der Waals surface area contributed by atoms with Crippen LogP contribution in [0.25, 0.3) is 0 Å². The molecular weight excluding hydrogens is 238 g/mol. The van der Waals surface area contributed by atoms with Crippen molar-refractivity contribution >= 4 is 17.3 Å². The Morgan fingerprint density at radius 2 is 1.37 bits per heavy atom. The normalized spacial score (nSPS) is 18.3. The Morgan fingerprint density at radius 1 is 0.789 bits per heavy atom. The van der Waals surface area contributed by atoms with Crippen molar-refractivity contribution < 1.29 is 9.59 Å². The third kappa shape index (κ3) is 1.71. The van der Waals surface area contributed by atoms with Gasteiger partial charge in [-0.25, -0.2) is 0 Å². The first-order chi connectivity index (χ1) is 9.20. The Morgan fingerprint density at radius 3 is 2.05 bits per heavy atom. The van der Waals surface area contributed by atoms with Gasteiger partial charge in [-0.2, -0.15) is 0 Å². The summed E-state index contributed by atoms with van der Waals surface area (Å²) in [7, 11) is 0. The first-order valence-electron chi connectivity index (χ1n) is 6.01. The minimum absolute atomic E-state index is 0.144. The fourth-order valence-electron chi connectivity index (χ4n) is 2.42. The highest BCUT2D eigenvalue weighted by atomic mass is 16.1. The predicted octanol–water partition coefficient (Wildman–Crippen LogP) is 2.87. The van der Waals surface area contributed by atoms with Gasteiger partial charge in [0, 0.05) is 11.1 Å². The van der Waals surface area contributed by atoms with Crippen molar-refractivity contribution in [2.24, 2.45) is 0 Å². The fraction of sp³-hybridized carbons (Fsp3) is 0.0625. The van der Waals surface area contributed by atoms with Crippen molar-refractivity contribution in [3.8, 4) is 0 Å². The summed E-state index contributed by atoms with van der Waals surface area (Å²) < 4.78 is 0. The summed E-state index contributed by atoms with van der Waals surface area (Å²) in [6.07, 6.45) is 0. The summed E-state index contributed by atoms with van der Waals surface area (Å²) in [6, 6.07) is 15.7. The smallest absolute Gasteiger partial charge is 0.208 e. The van der Waals surface area contributed by atoms with Crippen LogP contribution in [0.2, 0.25) is 0 Å². The van der Waals surface area contributed by atoms with E-state index >= 15 is 0 Å². The van der Waals surface area contributed by atoms with Gasteiger partial charge in [0.05, 0.1) is 11.6 Å². The van der Waals surface area contributed by atoms with Crippen molar-refractivity contribution in [2.75, 3.05) is 0 Å². The summed E-state index contributed by atoms with van der Waals surface area (Å²) >= 11 is 0. The maximum absolute atomic E-state index is 12.5. The zero-order valence-electron chi connectivity index (χ0n) is 10.1. The molecular formula is C16H11NO2. The van der Waals surface area contributed by atoms with Crippen molar-refractivity contribution in [3.05, 3.63) is 71.3 Å². The molecule has 1 N–H and O–H groups in total. The van der Waals surface area contributed by atoms with Gasteiger partial charge in [0.15, 0.2) is 5.78 Å². The first-order valence-corrected chi connectivity index (χ1v) is 6.01. The van der Waals surface area contributed by atoms with E-state index in [2.05, 4.69) is 0 Å². The molecule has 1 unspecified atom stereocenters. The topological polar surface area (TPSA) is 58.0 Å². The largest absolute Gasteiger partial charge is 0.300 e. The van der Waals surface area contributed by atoms with E-state index in [1.165, 1.54) is 0 Å². The SMILES string of the molecule is N=C1C(=O)c2ccccc2C(=O)C1c1ccccc1. The highest BCUT2D eigenvalue weighted by Gasteiger charge is 2.37. The summed E-state index contributed by atoms with van der Waals surface area (Å²) in [6.45, 7) is 0. The maximum atomic E-state index is 12.5. The number of nitrogens with one attached hydrogen (secondary N) is 1. The number of carbonyl (C=O) groups excluding carboxylic acids is 2. The lowest BCUT2D eigenvalue weighted by atomic mass is 9.77. The number of hydrogen-bond donors (Lipinski definition) is 1. The van der Waals surface area contributed by atoms with Crippen LogP contribution < -0.4 is 0 Å². The molecule has 2 aromatic rings. The van der Waals surface area contributed by atoms with Gasteiger partial charge in [0.25, 0.3) is 0 Å². The Hall–Kier alpha value is -2.55. The van der Waals surface area contributed by atoms with Crippen LogP contribution in [-0.4, -0.2) is 17.3 Å². The van der Waals surface area contributed by atoms with Gasteiger partial charge in [0.2, 0.25) is 5.78 Å². The number of fused-ring (bicyclic) bond motifs is 1. The Kier molecular flexibility index (Phi) is 2.60. The molecule has 0 saturated heterocycles. The van der Waals surface area contributed by atoms with Gasteiger partial charge in [-0.3, -0.25) is 9.59 Å². The predicted molar refractivity (Wildman–Crippen MR) is 72.0 cm³/mol. The molecule has 19 heavy (non-hydrogen) atoms. The molecule has 3 rings (SSSR count). The molecule has 0 saturated carbocycles. The van der Waals surface area contributed by atoms with Crippen LogP contribution in [-0.2, 0) is 0 Å². The summed E-state index contributed by atoms with van der Waals surface area (Å²) in [5.74, 6) is -1.31. The van der Waals surface area contributed by atoms with E-state index in [4.69, 9.17) is 5.41 Å². The molecule has 92 valence electrons. The van der Waals surface area contributed by atoms with Crippen molar-refractivity contribution in [3.63, 3.8) is 0 Å². The van der Waals surface area contributed by atoms with Gasteiger partial charge < -0.3 is 5.41 Å². The van der Waals surface area contributed by atoms with Gasteiger partial charge >= 0.3 is 0 Å². The Labute approximate surface area is 110 Å². The molecule has 0 radical (unpaired) electrons. The average Bonchev–Trinajstić information content (AvgIpc) is 2.46. The number of rotatable bonds is 1. The lowest BCUT2D eigenvalue weighted by Crippen LogP contribution is -2.34. The summed E-state index contributed by atoms with van der Waals surface area (Å²) in [4.78, 5) is 24.6. The number of benzene rings is 2. The van der Waals surface area contributed by atoms with E-state index in [1.807, 2.05) is 6.07 Å². The first kappa shape index (κ1) is 11.5. The Balaban J connectivity index is 2.18. The van der Waals surface area contributed by atoms with Crippen LogP contribution >= 0.6 is 0 Å². The molecule has 0 aliphatic heterocycles. The molecule has 3 nitrogen and oxygen atoms in total. The van der Waals surface area contributed by atoms with E-state index in [0.717, 1.165) is 0 Å². The Bertz CT molecular complexity index is 689. The second-order valence-electron chi connectivity index (χ2n) is 4.50. The van der Waals surface area contributed by atoms with Gasteiger partial charge in [-0.1, -0.05) is 54.6 Å². The molecule has 3 heteroatoms. The molecule has 0 heterocycles. The van der Waals surface area contributed by atoms with Crippen molar-refractivity contribution in [1.82, 2.24) is 0 Å². The molecule has 0 aromatic heterocycles. The van der Waals surface area contributed by atoms with Crippen LogP contribution in [0.1, 0.15) is 32.2 Å². The fourth-order valence-corrected chi connectivity index (χ4v) is 2.42. The quantitative estimate of drug-likeness (QED) is 0.844. The second kappa shape index (κ2) is 4.28. The summed E-state index contributed by atoms with van der Waals surface area (Å²) in [5.41, 5.74) is 1.30. The second-order valence-corrected chi connectivity index (χ2v) is 4.50. The third-order valence-corrected chi connectivity index (χ3v) is 3.37. The van der Waals surface area contributed by atoms with E-state index in [1.54, 1.807) is 48.5 Å². The molecule has 2 aromatic carbocycles. The monoisotopic (exact) mass is 249 g/mol. The van der Waals surface area contributed by atoms with E-state index in [9.17, 15) is 9.59 Å². The number of hydrogen-bond acceptors (Lipinski definition) is 3. The van der Waals surface area contributed by atoms with Crippen molar-refractivity contribution in [2.45, 2.75) is 5.92 Å². The van der Waals surface area contributed by atoms with E-state index < -0.39 is 5.92 Å². The molecule has 0 amide bonds. The van der Waals surface area contributed by atoms with Crippen LogP contribution in [0.5, 0.6) is 0 Å². The van der Waals surface area contributed by atoms with E-state index in [-0.39, 0.29) is 17.3 Å². The molecule has 1 aliphatic carbocycles. The minimum atomic E-state index is -0.774. The maximum Gasteiger partial charge on any atom is 0.208 e. The van der Waals surface area contributed by atoms with Gasteiger partial charge in [0.1, 0.15) is 0 Å². The highest BCUT2D eigenvalue weighted by Crippen LogP contribution is 2.30. The van der Waals surface area contributed by atoms with E-state index in [0.29, 0.717) is 16.7 Å². The average molecular weight is 249 g/mol. The van der Waals surface area contributed by atoms with Crippen LogP contribution in [0.15, 0.2) is 54.6 Å². The minimum Gasteiger partial charge on any atom is -0.300 e. The zero-order chi connectivity index (χ0) is 13.4. The summed E-state index contributed by atoms with van der Waals surface area (Å²) in [5, 5.41) is 7.98.